The zero-order valence-electron chi connectivity index (χ0n) is 17.1. The first-order valence-corrected chi connectivity index (χ1v) is 11.6. The van der Waals surface area contributed by atoms with Gasteiger partial charge in [-0.3, -0.25) is 4.79 Å². The molecule has 1 heterocycles. The number of fused-ring (bicyclic) bond motifs is 1. The van der Waals surface area contributed by atoms with E-state index in [0.717, 1.165) is 43.5 Å². The second kappa shape index (κ2) is 8.47. The summed E-state index contributed by atoms with van der Waals surface area (Å²) < 4.78 is 65.6. The number of alkyl halides is 3. The SMILES string of the molecule is CCC[C@H](N)C(=O)N(C)[C@@H]1CC[C@@H]2CN(S(=O)(=O)c3ccc(C(F)(F)F)cc3)C[C@@H]21. The molecular formula is C20H28F3N3O3S. The maximum Gasteiger partial charge on any atom is 0.416 e. The first-order valence-electron chi connectivity index (χ1n) is 10.2. The fourth-order valence-corrected chi connectivity index (χ4v) is 6.23. The van der Waals surface area contributed by atoms with Crippen molar-refractivity contribution in [2.45, 2.75) is 55.8 Å². The molecule has 1 aliphatic heterocycles. The van der Waals surface area contributed by atoms with Crippen LogP contribution in [-0.2, 0) is 21.0 Å². The second-order valence-electron chi connectivity index (χ2n) is 8.26. The number of likely N-dealkylation sites (N-methyl/N-ethyl adjacent to an activating group) is 1. The van der Waals surface area contributed by atoms with Crippen LogP contribution < -0.4 is 5.73 Å². The Balaban J connectivity index is 1.73. The van der Waals surface area contributed by atoms with Gasteiger partial charge in [0.2, 0.25) is 15.9 Å². The summed E-state index contributed by atoms with van der Waals surface area (Å²) in [4.78, 5) is 14.1. The molecule has 30 heavy (non-hydrogen) atoms. The van der Waals surface area contributed by atoms with Crippen LogP contribution in [0.4, 0.5) is 13.2 Å². The molecule has 2 aliphatic rings. The monoisotopic (exact) mass is 447 g/mol. The van der Waals surface area contributed by atoms with E-state index in [0.29, 0.717) is 13.0 Å². The van der Waals surface area contributed by atoms with Gasteiger partial charge >= 0.3 is 6.18 Å². The molecule has 168 valence electrons. The number of halogens is 3. The molecule has 1 aromatic rings. The lowest BCUT2D eigenvalue weighted by atomic mass is 9.96. The largest absolute Gasteiger partial charge is 0.416 e. The van der Waals surface area contributed by atoms with E-state index >= 15 is 0 Å². The van der Waals surface area contributed by atoms with Crippen LogP contribution in [0.5, 0.6) is 0 Å². The molecule has 0 spiro atoms. The molecule has 10 heteroatoms. The molecule has 0 bridgehead atoms. The highest BCUT2D eigenvalue weighted by molar-refractivity contribution is 7.89. The van der Waals surface area contributed by atoms with E-state index in [-0.39, 0.29) is 35.2 Å². The van der Waals surface area contributed by atoms with Crippen LogP contribution in [0.1, 0.15) is 38.2 Å². The molecule has 0 unspecified atom stereocenters. The van der Waals surface area contributed by atoms with E-state index in [4.69, 9.17) is 5.73 Å². The summed E-state index contributed by atoms with van der Waals surface area (Å²) in [7, 11) is -2.18. The molecule has 1 amide bonds. The summed E-state index contributed by atoms with van der Waals surface area (Å²) in [6.45, 7) is 2.52. The lowest BCUT2D eigenvalue weighted by molar-refractivity contribution is -0.137. The molecule has 0 aromatic heterocycles. The maximum atomic E-state index is 13.0. The normalized spacial score (nSPS) is 25.9. The lowest BCUT2D eigenvalue weighted by Crippen LogP contribution is -2.48. The second-order valence-corrected chi connectivity index (χ2v) is 10.2. The Morgan fingerprint density at radius 1 is 1.23 bits per heavy atom. The molecule has 1 aromatic carbocycles. The van der Waals surface area contributed by atoms with Gasteiger partial charge in [-0.1, -0.05) is 13.3 Å². The van der Waals surface area contributed by atoms with E-state index in [1.54, 1.807) is 11.9 Å². The molecule has 3 rings (SSSR count). The van der Waals surface area contributed by atoms with Crippen molar-refractivity contribution in [2.75, 3.05) is 20.1 Å². The lowest BCUT2D eigenvalue weighted by Gasteiger charge is -2.31. The van der Waals surface area contributed by atoms with Crippen molar-refractivity contribution in [3.05, 3.63) is 29.8 Å². The molecule has 1 aliphatic carbocycles. The highest BCUT2D eigenvalue weighted by atomic mass is 32.2. The molecule has 6 nitrogen and oxygen atoms in total. The Kier molecular flexibility index (Phi) is 6.50. The number of benzene rings is 1. The molecule has 1 saturated heterocycles. The summed E-state index contributed by atoms with van der Waals surface area (Å²) >= 11 is 0. The third kappa shape index (κ3) is 4.36. The van der Waals surface area contributed by atoms with Crippen LogP contribution in [0.25, 0.3) is 0 Å². The highest BCUT2D eigenvalue weighted by Crippen LogP contribution is 2.42. The topological polar surface area (TPSA) is 83.7 Å². The van der Waals surface area contributed by atoms with Crippen molar-refractivity contribution in [3.8, 4) is 0 Å². The van der Waals surface area contributed by atoms with Crippen LogP contribution in [0.15, 0.2) is 29.2 Å². The predicted octanol–water partition coefficient (Wildman–Crippen LogP) is 2.69. The van der Waals surface area contributed by atoms with Crippen molar-refractivity contribution in [2.24, 2.45) is 17.6 Å². The number of nitrogens with zero attached hydrogens (tertiary/aromatic N) is 2. The summed E-state index contributed by atoms with van der Waals surface area (Å²) in [5, 5.41) is 0. The van der Waals surface area contributed by atoms with E-state index in [9.17, 15) is 26.4 Å². The molecular weight excluding hydrogens is 419 g/mol. The molecule has 1 saturated carbocycles. The van der Waals surface area contributed by atoms with Crippen LogP contribution in [0.2, 0.25) is 0 Å². The molecule has 4 atom stereocenters. The Labute approximate surface area is 175 Å². The van der Waals surface area contributed by atoms with Crippen LogP contribution >= 0.6 is 0 Å². The van der Waals surface area contributed by atoms with Gasteiger partial charge in [-0.25, -0.2) is 8.42 Å². The quantitative estimate of drug-likeness (QED) is 0.727. The van der Waals surface area contributed by atoms with Gasteiger partial charge in [-0.05, 0) is 55.4 Å². The summed E-state index contributed by atoms with van der Waals surface area (Å²) in [6.07, 6.45) is -1.52. The summed E-state index contributed by atoms with van der Waals surface area (Å²) in [5.41, 5.74) is 5.09. The van der Waals surface area contributed by atoms with Gasteiger partial charge in [-0.15, -0.1) is 0 Å². The number of carbonyl (C=O) groups excluding carboxylic acids is 1. The Morgan fingerprint density at radius 3 is 2.43 bits per heavy atom. The molecule has 2 fully saturated rings. The minimum Gasteiger partial charge on any atom is -0.341 e. The molecule has 2 N–H and O–H groups in total. The average molecular weight is 448 g/mol. The standard InChI is InChI=1S/C20H28F3N3O3S/c1-3-4-17(24)19(27)25(2)18-10-5-13-11-26(12-16(13)18)30(28,29)15-8-6-14(7-9-15)20(21,22)23/h6-9,13,16-18H,3-5,10-12,24H2,1-2H3/t13-,16+,17+,18-/m1/s1. The Bertz CT molecular complexity index is 874. The van der Waals surface area contributed by atoms with E-state index in [2.05, 4.69) is 0 Å². The van der Waals surface area contributed by atoms with Crippen molar-refractivity contribution in [1.82, 2.24) is 9.21 Å². The summed E-state index contributed by atoms with van der Waals surface area (Å²) in [5.74, 6) is -0.0135. The van der Waals surface area contributed by atoms with Gasteiger partial charge in [0, 0.05) is 26.2 Å². The van der Waals surface area contributed by atoms with Gasteiger partial charge in [0.15, 0.2) is 0 Å². The minimum atomic E-state index is -4.52. The van der Waals surface area contributed by atoms with E-state index in [1.165, 1.54) is 4.31 Å². The number of rotatable bonds is 6. The van der Waals surface area contributed by atoms with Gasteiger partial charge in [-0.2, -0.15) is 17.5 Å². The Hall–Kier alpha value is -1.65. The van der Waals surface area contributed by atoms with Crippen LogP contribution in [0.3, 0.4) is 0 Å². The summed E-state index contributed by atoms with van der Waals surface area (Å²) in [6, 6.07) is 2.93. The van der Waals surface area contributed by atoms with Crippen molar-refractivity contribution >= 4 is 15.9 Å². The number of carbonyl (C=O) groups is 1. The van der Waals surface area contributed by atoms with Crippen molar-refractivity contribution < 1.29 is 26.4 Å². The fourth-order valence-electron chi connectivity index (χ4n) is 4.70. The number of hydrogen-bond acceptors (Lipinski definition) is 4. The van der Waals surface area contributed by atoms with Gasteiger partial charge in [0.25, 0.3) is 0 Å². The number of amides is 1. The number of hydrogen-bond donors (Lipinski definition) is 1. The third-order valence-electron chi connectivity index (χ3n) is 6.37. The zero-order valence-corrected chi connectivity index (χ0v) is 17.9. The van der Waals surface area contributed by atoms with Gasteiger partial charge in [0.05, 0.1) is 16.5 Å². The fraction of sp³-hybridized carbons (Fsp3) is 0.650. The van der Waals surface area contributed by atoms with E-state index in [1.807, 2.05) is 6.92 Å². The Morgan fingerprint density at radius 2 is 1.87 bits per heavy atom. The average Bonchev–Trinajstić information content (AvgIpc) is 3.27. The maximum absolute atomic E-state index is 13.0. The van der Waals surface area contributed by atoms with Crippen molar-refractivity contribution in [3.63, 3.8) is 0 Å². The minimum absolute atomic E-state index is 0.00278. The van der Waals surface area contributed by atoms with Crippen LogP contribution in [0, 0.1) is 11.8 Å². The smallest absolute Gasteiger partial charge is 0.341 e. The zero-order chi connectivity index (χ0) is 22.3. The third-order valence-corrected chi connectivity index (χ3v) is 8.21. The predicted molar refractivity (Wildman–Crippen MR) is 106 cm³/mol. The van der Waals surface area contributed by atoms with E-state index < -0.39 is 27.8 Å². The first-order chi connectivity index (χ1) is 14.0. The molecule has 0 radical (unpaired) electrons. The van der Waals surface area contributed by atoms with Gasteiger partial charge < -0.3 is 10.6 Å². The number of sulfonamides is 1. The first kappa shape index (κ1) is 23.0. The number of nitrogens with two attached hydrogens (primary N) is 1. The highest BCUT2D eigenvalue weighted by Gasteiger charge is 2.48. The van der Waals surface area contributed by atoms with Crippen LogP contribution in [-0.4, -0.2) is 55.8 Å². The van der Waals surface area contributed by atoms with Gasteiger partial charge in [0.1, 0.15) is 0 Å². The van der Waals surface area contributed by atoms with Crippen molar-refractivity contribution in [1.29, 1.82) is 0 Å².